The molecule has 2 heterocycles. The Morgan fingerprint density at radius 3 is 2.56 bits per heavy atom. The first-order valence-electron chi connectivity index (χ1n) is 8.85. The van der Waals surface area contributed by atoms with Crippen molar-refractivity contribution in [3.05, 3.63) is 53.6 Å². The molecule has 4 rings (SSSR count). The Labute approximate surface area is 167 Å². The van der Waals surface area contributed by atoms with E-state index in [1.54, 1.807) is 18.9 Å². The van der Waals surface area contributed by atoms with Crippen molar-refractivity contribution < 1.29 is 9.47 Å². The van der Waals surface area contributed by atoms with Gasteiger partial charge in [0.05, 0.1) is 12.7 Å². The molecule has 140 valence electrons. The first-order chi connectivity index (χ1) is 13.3. The highest BCUT2D eigenvalue weighted by Crippen LogP contribution is 2.36. The summed E-state index contributed by atoms with van der Waals surface area (Å²) in [6.45, 7) is 1.60. The predicted octanol–water partition coefficient (Wildman–Crippen LogP) is 4.87. The zero-order valence-electron chi connectivity index (χ0n) is 15.0. The van der Waals surface area contributed by atoms with E-state index in [2.05, 4.69) is 14.8 Å². The fraction of sp³-hybridized carbons (Fsp3) is 0.300. The number of hydrogen-bond acceptors (Lipinski definition) is 5. The van der Waals surface area contributed by atoms with Gasteiger partial charge in [-0.15, -0.1) is 10.2 Å². The van der Waals surface area contributed by atoms with Gasteiger partial charge in [0.15, 0.2) is 11.0 Å². The zero-order chi connectivity index (χ0) is 18.6. The van der Waals surface area contributed by atoms with Gasteiger partial charge < -0.3 is 9.47 Å². The molecule has 2 aromatic carbocycles. The van der Waals surface area contributed by atoms with Crippen LogP contribution in [0.4, 0.5) is 0 Å². The van der Waals surface area contributed by atoms with Gasteiger partial charge in [-0.25, -0.2) is 0 Å². The van der Waals surface area contributed by atoms with Crippen molar-refractivity contribution in [1.82, 2.24) is 14.8 Å². The number of hydrogen-bond donors (Lipinski definition) is 0. The second-order valence-corrected chi connectivity index (χ2v) is 7.95. The lowest BCUT2D eigenvalue weighted by molar-refractivity contribution is 0.0999. The van der Waals surface area contributed by atoms with Crippen molar-refractivity contribution in [2.45, 2.75) is 23.2 Å². The first-order valence-corrected chi connectivity index (χ1v) is 10.1. The highest BCUT2D eigenvalue weighted by Gasteiger charge is 2.23. The quantitative estimate of drug-likeness (QED) is 0.610. The monoisotopic (exact) mass is 401 g/mol. The molecule has 0 atom stereocenters. The van der Waals surface area contributed by atoms with Crippen LogP contribution in [0, 0.1) is 0 Å². The van der Waals surface area contributed by atoms with Gasteiger partial charge >= 0.3 is 0 Å². The van der Waals surface area contributed by atoms with Gasteiger partial charge in [-0.2, -0.15) is 0 Å². The summed E-state index contributed by atoms with van der Waals surface area (Å²) in [5, 5.41) is 11.1. The molecule has 0 amide bonds. The molecule has 0 radical (unpaired) electrons. The fourth-order valence-electron chi connectivity index (χ4n) is 3.12. The summed E-state index contributed by atoms with van der Waals surface area (Å²) in [6.07, 6.45) is 2.03. The van der Waals surface area contributed by atoms with Crippen LogP contribution in [0.5, 0.6) is 5.75 Å². The lowest BCUT2D eigenvalue weighted by Gasteiger charge is -2.21. The third kappa shape index (κ3) is 3.98. The average molecular weight is 402 g/mol. The van der Waals surface area contributed by atoms with Crippen LogP contribution >= 0.6 is 23.4 Å². The van der Waals surface area contributed by atoms with Crippen molar-refractivity contribution in [3.63, 3.8) is 0 Å². The zero-order valence-corrected chi connectivity index (χ0v) is 16.5. The highest BCUT2D eigenvalue weighted by atomic mass is 35.5. The number of nitrogens with zero attached hydrogens (tertiary/aromatic N) is 3. The molecule has 0 bridgehead atoms. The molecular weight excluding hydrogens is 382 g/mol. The van der Waals surface area contributed by atoms with Gasteiger partial charge in [-0.1, -0.05) is 35.5 Å². The first kappa shape index (κ1) is 18.3. The van der Waals surface area contributed by atoms with Gasteiger partial charge in [0.25, 0.3) is 0 Å². The van der Waals surface area contributed by atoms with Crippen molar-refractivity contribution in [2.24, 2.45) is 0 Å². The van der Waals surface area contributed by atoms with Crippen LogP contribution in [-0.4, -0.2) is 40.3 Å². The van der Waals surface area contributed by atoms with E-state index in [0.717, 1.165) is 54.0 Å². The van der Waals surface area contributed by atoms with E-state index >= 15 is 0 Å². The topological polar surface area (TPSA) is 49.2 Å². The van der Waals surface area contributed by atoms with Gasteiger partial charge in [-0.3, -0.25) is 4.57 Å². The van der Waals surface area contributed by atoms with Crippen LogP contribution in [0.25, 0.3) is 17.1 Å². The van der Waals surface area contributed by atoms with Crippen LogP contribution in [0.15, 0.2) is 53.7 Å². The number of halogens is 1. The second kappa shape index (κ2) is 8.33. The van der Waals surface area contributed by atoms with E-state index < -0.39 is 0 Å². The maximum absolute atomic E-state index is 6.09. The molecule has 0 unspecified atom stereocenters. The molecule has 5 nitrogen and oxygen atoms in total. The van der Waals surface area contributed by atoms with Crippen LogP contribution in [-0.2, 0) is 4.74 Å². The van der Waals surface area contributed by atoms with E-state index in [-0.39, 0.29) is 0 Å². The third-order valence-electron chi connectivity index (χ3n) is 4.51. The Balaban J connectivity index is 1.80. The maximum Gasteiger partial charge on any atom is 0.196 e. The van der Waals surface area contributed by atoms with Gasteiger partial charge in [0.2, 0.25) is 0 Å². The Kier molecular flexibility index (Phi) is 5.66. The number of methoxy groups -OCH3 is 1. The van der Waals surface area contributed by atoms with E-state index in [0.29, 0.717) is 10.3 Å². The molecule has 0 saturated carbocycles. The van der Waals surface area contributed by atoms with Crippen molar-refractivity contribution in [1.29, 1.82) is 0 Å². The Bertz CT molecular complexity index is 908. The standard InChI is InChI=1S/C20H20ClN3O2S/c1-25-18-5-3-2-4-17(18)19-22-23-20(27-16-10-12-26-13-11-16)24(19)15-8-6-14(21)7-9-15/h2-9,16H,10-13H2,1H3. The molecule has 1 aliphatic rings. The second-order valence-electron chi connectivity index (χ2n) is 6.25. The molecule has 0 N–H and O–H groups in total. The number of aromatic nitrogens is 3. The lowest BCUT2D eigenvalue weighted by Crippen LogP contribution is -2.18. The number of para-hydroxylation sites is 1. The summed E-state index contributed by atoms with van der Waals surface area (Å²) in [4.78, 5) is 0. The van der Waals surface area contributed by atoms with E-state index in [1.807, 2.05) is 48.5 Å². The smallest absolute Gasteiger partial charge is 0.196 e. The summed E-state index contributed by atoms with van der Waals surface area (Å²) in [7, 11) is 1.67. The molecule has 1 fully saturated rings. The van der Waals surface area contributed by atoms with Gasteiger partial charge in [-0.05, 0) is 49.2 Å². The molecule has 1 aliphatic heterocycles. The summed E-state index contributed by atoms with van der Waals surface area (Å²) in [5.41, 5.74) is 1.88. The fourth-order valence-corrected chi connectivity index (χ4v) is 4.35. The number of benzene rings is 2. The summed E-state index contributed by atoms with van der Waals surface area (Å²) >= 11 is 7.85. The molecule has 27 heavy (non-hydrogen) atoms. The lowest BCUT2D eigenvalue weighted by atomic mass is 10.2. The number of ether oxygens (including phenoxy) is 2. The minimum atomic E-state index is 0.472. The summed E-state index contributed by atoms with van der Waals surface area (Å²) < 4.78 is 13.1. The van der Waals surface area contributed by atoms with Crippen LogP contribution in [0.3, 0.4) is 0 Å². The molecule has 3 aromatic rings. The van der Waals surface area contributed by atoms with Crippen LogP contribution < -0.4 is 4.74 Å². The highest BCUT2D eigenvalue weighted by molar-refractivity contribution is 7.99. The van der Waals surface area contributed by atoms with Crippen LogP contribution in [0.1, 0.15) is 12.8 Å². The number of thioether (sulfide) groups is 1. The normalized spacial score (nSPS) is 15.0. The average Bonchev–Trinajstić information content (AvgIpc) is 3.12. The molecule has 0 aliphatic carbocycles. The van der Waals surface area contributed by atoms with Crippen LogP contribution in [0.2, 0.25) is 5.02 Å². The Morgan fingerprint density at radius 1 is 1.07 bits per heavy atom. The van der Waals surface area contributed by atoms with E-state index in [1.165, 1.54) is 0 Å². The maximum atomic E-state index is 6.09. The minimum Gasteiger partial charge on any atom is -0.496 e. The van der Waals surface area contributed by atoms with Crippen molar-refractivity contribution in [3.8, 4) is 22.8 Å². The van der Waals surface area contributed by atoms with Crippen molar-refractivity contribution >= 4 is 23.4 Å². The van der Waals surface area contributed by atoms with E-state index in [4.69, 9.17) is 21.1 Å². The summed E-state index contributed by atoms with van der Waals surface area (Å²) in [6, 6.07) is 15.6. The van der Waals surface area contributed by atoms with E-state index in [9.17, 15) is 0 Å². The van der Waals surface area contributed by atoms with Gasteiger partial charge in [0.1, 0.15) is 5.75 Å². The Morgan fingerprint density at radius 2 is 1.81 bits per heavy atom. The largest absolute Gasteiger partial charge is 0.496 e. The third-order valence-corrected chi connectivity index (χ3v) is 6.04. The molecule has 7 heteroatoms. The number of rotatable bonds is 5. The molecule has 0 spiro atoms. The molecule has 1 aromatic heterocycles. The Hall–Kier alpha value is -2.02. The predicted molar refractivity (Wildman–Crippen MR) is 108 cm³/mol. The SMILES string of the molecule is COc1ccccc1-c1nnc(SC2CCOCC2)n1-c1ccc(Cl)cc1. The molecule has 1 saturated heterocycles. The van der Waals surface area contributed by atoms with Crippen molar-refractivity contribution in [2.75, 3.05) is 20.3 Å². The minimum absolute atomic E-state index is 0.472. The molecular formula is C20H20ClN3O2S. The summed E-state index contributed by atoms with van der Waals surface area (Å²) in [5.74, 6) is 1.52. The van der Waals surface area contributed by atoms with Gasteiger partial charge in [0, 0.05) is 29.2 Å².